The third kappa shape index (κ3) is 3.61. The van der Waals surface area contributed by atoms with Gasteiger partial charge in [0, 0.05) is 6.07 Å². The Hall–Kier alpha value is -1.27. The van der Waals surface area contributed by atoms with E-state index in [1.54, 1.807) is 0 Å². The number of benzene rings is 1. The van der Waals surface area contributed by atoms with Crippen LogP contribution in [-0.2, 0) is 10.0 Å². The monoisotopic (exact) mass is 258 g/mol. The average molecular weight is 258 g/mol. The van der Waals surface area contributed by atoms with Crippen molar-refractivity contribution >= 4 is 15.7 Å². The maximum absolute atomic E-state index is 11.6. The highest BCUT2D eigenvalue weighted by atomic mass is 32.2. The molecule has 0 aliphatic heterocycles. The van der Waals surface area contributed by atoms with Gasteiger partial charge in [-0.15, -0.1) is 0 Å². The second-order valence-electron chi connectivity index (χ2n) is 3.61. The number of anilines is 1. The average Bonchev–Trinajstić information content (AvgIpc) is 2.31. The van der Waals surface area contributed by atoms with Crippen molar-refractivity contribution < 1.29 is 13.2 Å². The predicted octanol–water partition coefficient (Wildman–Crippen LogP) is 1.36. The zero-order chi connectivity index (χ0) is 12.9. The molecule has 0 aliphatic rings. The second-order valence-corrected chi connectivity index (χ2v) is 5.50. The molecule has 1 rings (SSSR count). The molecule has 0 aliphatic carbocycles. The Balaban J connectivity index is 2.95. The van der Waals surface area contributed by atoms with Gasteiger partial charge in [-0.2, -0.15) is 0 Å². The van der Waals surface area contributed by atoms with Gasteiger partial charge < -0.3 is 10.5 Å². The van der Waals surface area contributed by atoms with Gasteiger partial charge in [-0.25, -0.2) is 13.1 Å². The molecule has 1 aromatic rings. The fourth-order valence-electron chi connectivity index (χ4n) is 1.25. The van der Waals surface area contributed by atoms with Crippen molar-refractivity contribution in [2.75, 3.05) is 19.4 Å². The minimum absolute atomic E-state index is 0.153. The lowest BCUT2D eigenvalue weighted by Crippen LogP contribution is -2.18. The third-order valence-electron chi connectivity index (χ3n) is 2.32. The summed E-state index contributed by atoms with van der Waals surface area (Å²) in [5, 5.41) is 0. The van der Waals surface area contributed by atoms with Crippen molar-refractivity contribution in [1.82, 2.24) is 4.72 Å². The zero-order valence-corrected chi connectivity index (χ0v) is 10.9. The minimum atomic E-state index is -3.45. The van der Waals surface area contributed by atoms with Crippen LogP contribution in [0.3, 0.4) is 0 Å². The number of hydrogen-bond acceptors (Lipinski definition) is 4. The molecule has 0 saturated heterocycles. The van der Waals surface area contributed by atoms with E-state index in [1.165, 1.54) is 25.2 Å². The predicted molar refractivity (Wildman–Crippen MR) is 67.5 cm³/mol. The Bertz CT molecular complexity index is 472. The number of nitrogen functional groups attached to an aromatic ring is 1. The largest absolute Gasteiger partial charge is 0.491 e. The summed E-state index contributed by atoms with van der Waals surface area (Å²) in [6, 6.07) is 4.43. The van der Waals surface area contributed by atoms with Gasteiger partial charge in [-0.05, 0) is 25.6 Å². The quantitative estimate of drug-likeness (QED) is 0.596. The number of ether oxygens (including phenoxy) is 1. The number of hydrogen-bond donors (Lipinski definition) is 2. The number of unbranched alkanes of at least 4 members (excludes halogenated alkanes) is 1. The van der Waals surface area contributed by atoms with Gasteiger partial charge in [-0.1, -0.05) is 13.3 Å². The molecule has 0 spiro atoms. The standard InChI is InChI=1S/C11H18N2O3S/c1-3-4-7-16-11-8-9(5-6-10(11)12)17(14,15)13-2/h5-6,8,13H,3-4,7,12H2,1-2H3. The van der Waals surface area contributed by atoms with Gasteiger partial charge >= 0.3 is 0 Å². The Kier molecular flexibility index (Phi) is 4.77. The van der Waals surface area contributed by atoms with Crippen molar-refractivity contribution in [3.05, 3.63) is 18.2 Å². The summed E-state index contributed by atoms with van der Waals surface area (Å²) in [7, 11) is -2.09. The Morgan fingerprint density at radius 1 is 1.41 bits per heavy atom. The first kappa shape index (κ1) is 13.8. The van der Waals surface area contributed by atoms with Gasteiger partial charge in [-0.3, -0.25) is 0 Å². The van der Waals surface area contributed by atoms with E-state index in [-0.39, 0.29) is 4.90 Å². The van der Waals surface area contributed by atoms with Gasteiger partial charge in [0.2, 0.25) is 10.0 Å². The van der Waals surface area contributed by atoms with Gasteiger partial charge in [0.25, 0.3) is 0 Å². The first-order valence-corrected chi connectivity index (χ1v) is 6.95. The molecule has 0 heterocycles. The molecule has 6 heteroatoms. The first-order valence-electron chi connectivity index (χ1n) is 5.47. The van der Waals surface area contributed by atoms with E-state index in [4.69, 9.17) is 10.5 Å². The van der Waals surface area contributed by atoms with Gasteiger partial charge in [0.15, 0.2) is 0 Å². The summed E-state index contributed by atoms with van der Waals surface area (Å²) in [4.78, 5) is 0.153. The van der Waals surface area contributed by atoms with Crippen molar-refractivity contribution in [3.63, 3.8) is 0 Å². The highest BCUT2D eigenvalue weighted by molar-refractivity contribution is 7.89. The molecule has 3 N–H and O–H groups in total. The van der Waals surface area contributed by atoms with Crippen LogP contribution in [0.15, 0.2) is 23.1 Å². The molecular formula is C11H18N2O3S. The molecule has 0 atom stereocenters. The summed E-state index contributed by atoms with van der Waals surface area (Å²) in [6.07, 6.45) is 1.91. The van der Waals surface area contributed by atoms with Crippen LogP contribution < -0.4 is 15.2 Å². The minimum Gasteiger partial charge on any atom is -0.491 e. The van der Waals surface area contributed by atoms with Crippen LogP contribution in [0.4, 0.5) is 5.69 Å². The Labute approximate surface area is 102 Å². The van der Waals surface area contributed by atoms with E-state index >= 15 is 0 Å². The zero-order valence-electron chi connectivity index (χ0n) is 10.1. The van der Waals surface area contributed by atoms with Crippen LogP contribution >= 0.6 is 0 Å². The van der Waals surface area contributed by atoms with Crippen LogP contribution in [0.1, 0.15) is 19.8 Å². The Morgan fingerprint density at radius 2 is 2.12 bits per heavy atom. The number of sulfonamides is 1. The summed E-state index contributed by atoms with van der Waals surface area (Å²) < 4.78 is 30.9. The smallest absolute Gasteiger partial charge is 0.240 e. The lowest BCUT2D eigenvalue weighted by atomic mass is 10.3. The van der Waals surface area contributed by atoms with E-state index in [9.17, 15) is 8.42 Å². The third-order valence-corrected chi connectivity index (χ3v) is 3.73. The van der Waals surface area contributed by atoms with Crippen molar-refractivity contribution in [2.45, 2.75) is 24.7 Å². The van der Waals surface area contributed by atoms with Gasteiger partial charge in [0.05, 0.1) is 17.2 Å². The molecule has 0 aromatic heterocycles. The molecule has 5 nitrogen and oxygen atoms in total. The molecule has 0 radical (unpaired) electrons. The molecule has 96 valence electrons. The van der Waals surface area contributed by atoms with Crippen molar-refractivity contribution in [3.8, 4) is 5.75 Å². The molecule has 17 heavy (non-hydrogen) atoms. The maximum atomic E-state index is 11.6. The van der Waals surface area contributed by atoms with Crippen LogP contribution in [0, 0.1) is 0 Å². The first-order chi connectivity index (χ1) is 8.01. The van der Waals surface area contributed by atoms with E-state index < -0.39 is 10.0 Å². The molecule has 0 bridgehead atoms. The molecule has 1 aromatic carbocycles. The summed E-state index contributed by atoms with van der Waals surface area (Å²) in [5.74, 6) is 0.412. The normalized spacial score (nSPS) is 11.4. The van der Waals surface area contributed by atoms with Crippen molar-refractivity contribution in [2.24, 2.45) is 0 Å². The summed E-state index contributed by atoms with van der Waals surface area (Å²) in [5.41, 5.74) is 6.16. The molecular weight excluding hydrogens is 240 g/mol. The molecule has 0 saturated carbocycles. The van der Waals surface area contributed by atoms with Crippen LogP contribution in [-0.4, -0.2) is 22.1 Å². The van der Waals surface area contributed by atoms with Gasteiger partial charge in [0.1, 0.15) is 5.75 Å². The lowest BCUT2D eigenvalue weighted by molar-refractivity contribution is 0.310. The van der Waals surface area contributed by atoms with E-state index in [0.717, 1.165) is 12.8 Å². The fourth-order valence-corrected chi connectivity index (χ4v) is 2.00. The topological polar surface area (TPSA) is 81.4 Å². The number of nitrogens with two attached hydrogens (primary N) is 1. The van der Waals surface area contributed by atoms with Crippen LogP contribution in [0.5, 0.6) is 5.75 Å². The maximum Gasteiger partial charge on any atom is 0.240 e. The van der Waals surface area contributed by atoms with E-state index in [1.807, 2.05) is 0 Å². The lowest BCUT2D eigenvalue weighted by Gasteiger charge is -2.10. The van der Waals surface area contributed by atoms with Crippen LogP contribution in [0.2, 0.25) is 0 Å². The molecule has 0 fully saturated rings. The SMILES string of the molecule is CCCCOc1cc(S(=O)(=O)NC)ccc1N. The second kappa shape index (κ2) is 5.88. The highest BCUT2D eigenvalue weighted by Crippen LogP contribution is 2.25. The molecule has 0 unspecified atom stereocenters. The molecule has 0 amide bonds. The van der Waals surface area contributed by atoms with Crippen LogP contribution in [0.25, 0.3) is 0 Å². The van der Waals surface area contributed by atoms with E-state index in [2.05, 4.69) is 11.6 Å². The number of nitrogens with one attached hydrogen (secondary N) is 1. The fraction of sp³-hybridized carbons (Fsp3) is 0.455. The summed E-state index contributed by atoms with van der Waals surface area (Å²) >= 11 is 0. The number of rotatable bonds is 6. The van der Waals surface area contributed by atoms with E-state index in [0.29, 0.717) is 18.0 Å². The summed E-state index contributed by atoms with van der Waals surface area (Å²) in [6.45, 7) is 2.58. The van der Waals surface area contributed by atoms with Crippen molar-refractivity contribution in [1.29, 1.82) is 0 Å². The Morgan fingerprint density at radius 3 is 2.71 bits per heavy atom. The highest BCUT2D eigenvalue weighted by Gasteiger charge is 2.13.